The van der Waals surface area contributed by atoms with Gasteiger partial charge in [0.2, 0.25) is 0 Å². The van der Waals surface area contributed by atoms with Gasteiger partial charge >= 0.3 is 0 Å². The molecule has 7 heteroatoms. The molecule has 1 aliphatic rings. The van der Waals surface area contributed by atoms with Crippen LogP contribution in [0.15, 0.2) is 47.0 Å². The molecule has 2 aromatic carbocycles. The molecule has 1 fully saturated rings. The van der Waals surface area contributed by atoms with Crippen molar-refractivity contribution in [2.24, 2.45) is 0 Å². The largest absolute Gasteiger partial charge is 0.489 e. The van der Waals surface area contributed by atoms with Crippen molar-refractivity contribution in [2.45, 2.75) is 39.7 Å². The topological polar surface area (TPSA) is 67.6 Å². The molecule has 1 saturated heterocycles. The first-order chi connectivity index (χ1) is 15.0. The number of nitrogens with one attached hydrogen (secondary N) is 1. The molecule has 3 aromatic rings. The van der Waals surface area contributed by atoms with Crippen molar-refractivity contribution >= 4 is 17.3 Å². The SMILES string of the molecule is Cc1noc(C)c1COc1cccc(C(=O)Nc2cc(F)ccc2N2CCCCC2)c1. The summed E-state index contributed by atoms with van der Waals surface area (Å²) in [4.78, 5) is 15.1. The van der Waals surface area contributed by atoms with Gasteiger partial charge < -0.3 is 19.5 Å². The monoisotopic (exact) mass is 423 g/mol. The van der Waals surface area contributed by atoms with Gasteiger partial charge in [0.25, 0.3) is 5.91 Å². The normalized spacial score (nSPS) is 13.8. The lowest BCUT2D eigenvalue weighted by Crippen LogP contribution is -2.30. The molecule has 6 nitrogen and oxygen atoms in total. The Hall–Kier alpha value is -3.35. The van der Waals surface area contributed by atoms with Crippen molar-refractivity contribution in [1.29, 1.82) is 0 Å². The van der Waals surface area contributed by atoms with E-state index >= 15 is 0 Å². The van der Waals surface area contributed by atoms with E-state index in [1.165, 1.54) is 18.6 Å². The number of amides is 1. The lowest BCUT2D eigenvalue weighted by molar-refractivity contribution is 0.102. The number of hydrogen-bond donors (Lipinski definition) is 1. The van der Waals surface area contributed by atoms with E-state index < -0.39 is 0 Å². The van der Waals surface area contributed by atoms with Crippen molar-refractivity contribution in [2.75, 3.05) is 23.3 Å². The summed E-state index contributed by atoms with van der Waals surface area (Å²) in [7, 11) is 0. The lowest BCUT2D eigenvalue weighted by Gasteiger charge is -2.30. The fourth-order valence-electron chi connectivity index (χ4n) is 3.80. The van der Waals surface area contributed by atoms with Gasteiger partial charge in [-0.25, -0.2) is 4.39 Å². The van der Waals surface area contributed by atoms with Gasteiger partial charge in [-0.2, -0.15) is 0 Å². The number of carbonyl (C=O) groups is 1. The van der Waals surface area contributed by atoms with Crippen LogP contribution in [0.5, 0.6) is 5.75 Å². The maximum absolute atomic E-state index is 13.9. The number of nitrogens with zero attached hydrogens (tertiary/aromatic N) is 2. The molecule has 0 radical (unpaired) electrons. The molecule has 1 N–H and O–H groups in total. The van der Waals surface area contributed by atoms with Gasteiger partial charge in [-0.3, -0.25) is 4.79 Å². The fraction of sp³-hybridized carbons (Fsp3) is 0.333. The Kier molecular flexibility index (Phi) is 6.21. The highest BCUT2D eigenvalue weighted by Crippen LogP contribution is 2.30. The summed E-state index contributed by atoms with van der Waals surface area (Å²) >= 11 is 0. The molecule has 0 saturated carbocycles. The minimum absolute atomic E-state index is 0.301. The summed E-state index contributed by atoms with van der Waals surface area (Å²) < 4.78 is 24.9. The third-order valence-corrected chi connectivity index (χ3v) is 5.56. The number of aromatic nitrogens is 1. The Morgan fingerprint density at radius 1 is 1.16 bits per heavy atom. The molecule has 0 spiro atoms. The number of rotatable bonds is 6. The zero-order valence-electron chi connectivity index (χ0n) is 17.8. The molecule has 1 aromatic heterocycles. The Bertz CT molecular complexity index is 1050. The number of aryl methyl sites for hydroxylation is 2. The molecule has 1 aliphatic heterocycles. The Morgan fingerprint density at radius 2 is 1.97 bits per heavy atom. The molecule has 2 heterocycles. The molecule has 31 heavy (non-hydrogen) atoms. The van der Waals surface area contributed by atoms with E-state index in [4.69, 9.17) is 9.26 Å². The maximum atomic E-state index is 13.9. The number of piperidine rings is 1. The van der Waals surface area contributed by atoms with Crippen molar-refractivity contribution in [1.82, 2.24) is 5.16 Å². The Labute approximate surface area is 181 Å². The maximum Gasteiger partial charge on any atom is 0.255 e. The average molecular weight is 423 g/mol. The average Bonchev–Trinajstić information content (AvgIpc) is 3.10. The van der Waals surface area contributed by atoms with E-state index in [2.05, 4.69) is 15.4 Å². The van der Waals surface area contributed by atoms with Gasteiger partial charge in [-0.15, -0.1) is 0 Å². The van der Waals surface area contributed by atoms with E-state index in [9.17, 15) is 9.18 Å². The number of hydrogen-bond acceptors (Lipinski definition) is 5. The van der Waals surface area contributed by atoms with Crippen molar-refractivity contribution in [3.63, 3.8) is 0 Å². The summed E-state index contributed by atoms with van der Waals surface area (Å²) in [5.74, 6) is 0.574. The van der Waals surface area contributed by atoms with Gasteiger partial charge in [-0.1, -0.05) is 11.2 Å². The number of carbonyl (C=O) groups excluding carboxylic acids is 1. The van der Waals surface area contributed by atoms with Crippen molar-refractivity contribution < 1.29 is 18.4 Å². The second kappa shape index (κ2) is 9.20. The van der Waals surface area contributed by atoms with Crippen LogP contribution in [0.2, 0.25) is 0 Å². The van der Waals surface area contributed by atoms with E-state index in [0.717, 1.165) is 42.9 Å². The van der Waals surface area contributed by atoms with Crippen molar-refractivity contribution in [3.05, 3.63) is 70.9 Å². The second-order valence-electron chi connectivity index (χ2n) is 7.78. The highest BCUT2D eigenvalue weighted by Gasteiger charge is 2.18. The summed E-state index contributed by atoms with van der Waals surface area (Å²) in [6.45, 7) is 5.80. The molecule has 4 rings (SSSR count). The van der Waals surface area contributed by atoms with Crippen LogP contribution in [0.4, 0.5) is 15.8 Å². The second-order valence-corrected chi connectivity index (χ2v) is 7.78. The number of benzene rings is 2. The summed E-state index contributed by atoms with van der Waals surface area (Å²) in [6.07, 6.45) is 3.38. The zero-order valence-corrected chi connectivity index (χ0v) is 17.8. The van der Waals surface area contributed by atoms with E-state index in [1.54, 1.807) is 30.3 Å². The van der Waals surface area contributed by atoms with Gasteiger partial charge in [0.15, 0.2) is 0 Å². The molecule has 162 valence electrons. The number of anilines is 2. The number of halogens is 1. The first-order valence-electron chi connectivity index (χ1n) is 10.5. The lowest BCUT2D eigenvalue weighted by atomic mass is 10.1. The summed E-state index contributed by atoms with van der Waals surface area (Å²) in [5, 5.41) is 6.80. The van der Waals surface area contributed by atoms with Crippen LogP contribution in [-0.4, -0.2) is 24.2 Å². The molecular formula is C24H26FN3O3. The first kappa shape index (κ1) is 20.9. The predicted octanol–water partition coefficient (Wildman–Crippen LogP) is 5.25. The van der Waals surface area contributed by atoms with Gasteiger partial charge in [0, 0.05) is 18.7 Å². The van der Waals surface area contributed by atoms with E-state index in [0.29, 0.717) is 29.4 Å². The molecule has 0 atom stereocenters. The van der Waals surface area contributed by atoms with Crippen LogP contribution in [0.25, 0.3) is 0 Å². The third-order valence-electron chi connectivity index (χ3n) is 5.56. The Balaban J connectivity index is 1.49. The Morgan fingerprint density at radius 3 is 2.71 bits per heavy atom. The fourth-order valence-corrected chi connectivity index (χ4v) is 3.80. The highest BCUT2D eigenvalue weighted by molar-refractivity contribution is 6.06. The standard InChI is InChI=1S/C24H26FN3O3/c1-16-21(17(2)31-27-16)15-30-20-8-6-7-18(13-20)24(29)26-22-14-19(25)9-10-23(22)28-11-4-3-5-12-28/h6-10,13-14H,3-5,11-12,15H2,1-2H3,(H,26,29). The van der Waals surface area contributed by atoms with Crippen LogP contribution in [0, 0.1) is 19.7 Å². The molecule has 1 amide bonds. The molecule has 0 aliphatic carbocycles. The van der Waals surface area contributed by atoms with Crippen LogP contribution >= 0.6 is 0 Å². The smallest absolute Gasteiger partial charge is 0.255 e. The minimum atomic E-state index is -0.382. The number of ether oxygens (including phenoxy) is 1. The zero-order chi connectivity index (χ0) is 21.8. The summed E-state index contributed by atoms with van der Waals surface area (Å²) in [6, 6.07) is 11.5. The van der Waals surface area contributed by atoms with E-state index in [-0.39, 0.29) is 11.7 Å². The third kappa shape index (κ3) is 4.87. The van der Waals surface area contributed by atoms with Crippen LogP contribution < -0.4 is 15.0 Å². The first-order valence-corrected chi connectivity index (χ1v) is 10.5. The summed E-state index contributed by atoms with van der Waals surface area (Å²) in [5.41, 5.74) is 3.43. The quantitative estimate of drug-likeness (QED) is 0.586. The van der Waals surface area contributed by atoms with Crippen molar-refractivity contribution in [3.8, 4) is 5.75 Å². The predicted molar refractivity (Wildman–Crippen MR) is 117 cm³/mol. The van der Waals surface area contributed by atoms with Crippen LogP contribution in [0.3, 0.4) is 0 Å². The van der Waals surface area contributed by atoms with Gasteiger partial charge in [0.05, 0.1) is 22.6 Å². The molecule has 0 unspecified atom stereocenters. The van der Waals surface area contributed by atoms with Gasteiger partial charge in [0.1, 0.15) is 23.9 Å². The van der Waals surface area contributed by atoms with Crippen LogP contribution in [-0.2, 0) is 6.61 Å². The minimum Gasteiger partial charge on any atom is -0.489 e. The highest BCUT2D eigenvalue weighted by atomic mass is 19.1. The van der Waals surface area contributed by atoms with Crippen LogP contribution in [0.1, 0.15) is 46.6 Å². The van der Waals surface area contributed by atoms with E-state index in [1.807, 2.05) is 13.8 Å². The molecule has 0 bridgehead atoms. The molecular weight excluding hydrogens is 397 g/mol. The van der Waals surface area contributed by atoms with Gasteiger partial charge in [-0.05, 0) is 69.5 Å².